The summed E-state index contributed by atoms with van der Waals surface area (Å²) in [6.07, 6.45) is 12.8. The number of hydrogen-bond acceptors (Lipinski definition) is 2. The summed E-state index contributed by atoms with van der Waals surface area (Å²) in [6.45, 7) is 7.71. The molecule has 30 heavy (non-hydrogen) atoms. The lowest BCUT2D eigenvalue weighted by molar-refractivity contribution is 0.419. The predicted octanol–water partition coefficient (Wildman–Crippen LogP) is 5.47. The average molecular weight is 406 g/mol. The van der Waals surface area contributed by atoms with Gasteiger partial charge in [-0.2, -0.15) is 0 Å². The van der Waals surface area contributed by atoms with Crippen LogP contribution in [-0.2, 0) is 0 Å². The zero-order chi connectivity index (χ0) is 21.3. The monoisotopic (exact) mass is 406 g/mol. The third-order valence-electron chi connectivity index (χ3n) is 5.57. The first-order chi connectivity index (χ1) is 14.4. The second kappa shape index (κ2) is 8.27. The number of rotatable bonds is 4. The van der Waals surface area contributed by atoms with Gasteiger partial charge in [-0.1, -0.05) is 24.8 Å². The molecule has 0 radical (unpaired) electrons. The van der Waals surface area contributed by atoms with Gasteiger partial charge < -0.3 is 9.47 Å². The molecular weight excluding hydrogens is 382 g/mol. The Morgan fingerprint density at radius 2 is 1.87 bits per heavy atom. The van der Waals surface area contributed by atoms with Crippen molar-refractivity contribution < 1.29 is 8.78 Å². The van der Waals surface area contributed by atoms with E-state index in [1.54, 1.807) is 17.7 Å². The maximum absolute atomic E-state index is 14.6. The summed E-state index contributed by atoms with van der Waals surface area (Å²) in [7, 11) is 0. The molecule has 0 amide bonds. The van der Waals surface area contributed by atoms with Crippen molar-refractivity contribution in [2.75, 3.05) is 13.1 Å². The van der Waals surface area contributed by atoms with E-state index in [1.165, 1.54) is 36.7 Å². The number of nitrogens with zero attached hydrogens (tertiary/aromatic N) is 2. The largest absolute Gasteiger partial charge is 0.375 e. The minimum atomic E-state index is -0.695. The molecule has 0 saturated carbocycles. The quantitative estimate of drug-likeness (QED) is 0.673. The Labute approximate surface area is 175 Å². The fourth-order valence-electron chi connectivity index (χ4n) is 3.98. The van der Waals surface area contributed by atoms with E-state index in [-0.39, 0.29) is 11.1 Å². The normalized spacial score (nSPS) is 16.3. The van der Waals surface area contributed by atoms with Gasteiger partial charge in [0.1, 0.15) is 11.6 Å². The van der Waals surface area contributed by atoms with Gasteiger partial charge >= 0.3 is 0 Å². The van der Waals surface area contributed by atoms with Gasteiger partial charge in [-0.25, -0.2) is 8.78 Å². The minimum Gasteiger partial charge on any atom is -0.375 e. The first kappa shape index (κ1) is 20.1. The van der Waals surface area contributed by atoms with E-state index in [9.17, 15) is 13.6 Å². The van der Waals surface area contributed by atoms with Crippen LogP contribution in [0.15, 0.2) is 71.8 Å². The SMILES string of the molecule is C=C(C)c1cn(-c2ccc(F)cc2F)c(C2=CC=C(N3CCCC3)CC=C2)cc1=O. The van der Waals surface area contributed by atoms with Gasteiger partial charge in [-0.15, -0.1) is 0 Å². The Morgan fingerprint density at radius 1 is 1.10 bits per heavy atom. The van der Waals surface area contributed by atoms with Gasteiger partial charge in [0.2, 0.25) is 0 Å². The van der Waals surface area contributed by atoms with E-state index in [1.807, 2.05) is 12.2 Å². The molecule has 1 fully saturated rings. The van der Waals surface area contributed by atoms with Crippen molar-refractivity contribution >= 4 is 11.1 Å². The summed E-state index contributed by atoms with van der Waals surface area (Å²) < 4.78 is 29.7. The molecule has 0 spiro atoms. The molecule has 0 atom stereocenters. The number of pyridine rings is 1. The van der Waals surface area contributed by atoms with Crippen molar-refractivity contribution in [3.8, 4) is 5.69 Å². The number of aromatic nitrogens is 1. The summed E-state index contributed by atoms with van der Waals surface area (Å²) in [4.78, 5) is 15.1. The van der Waals surface area contributed by atoms with E-state index in [2.05, 4.69) is 23.6 Å². The zero-order valence-corrected chi connectivity index (χ0v) is 17.0. The Morgan fingerprint density at radius 3 is 2.57 bits per heavy atom. The van der Waals surface area contributed by atoms with Crippen LogP contribution in [0.3, 0.4) is 0 Å². The van der Waals surface area contributed by atoms with Crippen LogP contribution in [0.25, 0.3) is 16.8 Å². The van der Waals surface area contributed by atoms with Crippen LogP contribution in [0.1, 0.15) is 37.4 Å². The van der Waals surface area contributed by atoms with Crippen LogP contribution in [0.4, 0.5) is 8.78 Å². The van der Waals surface area contributed by atoms with Gasteiger partial charge in [0.15, 0.2) is 5.43 Å². The molecular formula is C25H24F2N2O. The first-order valence-electron chi connectivity index (χ1n) is 10.1. The summed E-state index contributed by atoms with van der Waals surface area (Å²) >= 11 is 0. The second-order valence-electron chi connectivity index (χ2n) is 7.76. The van der Waals surface area contributed by atoms with Crippen molar-refractivity contribution in [3.63, 3.8) is 0 Å². The molecule has 0 unspecified atom stereocenters. The highest BCUT2D eigenvalue weighted by Crippen LogP contribution is 2.27. The molecule has 1 aliphatic heterocycles. The van der Waals surface area contributed by atoms with Crippen molar-refractivity contribution in [1.82, 2.24) is 9.47 Å². The maximum atomic E-state index is 14.6. The van der Waals surface area contributed by atoms with E-state index in [0.29, 0.717) is 16.8 Å². The highest BCUT2D eigenvalue weighted by molar-refractivity contribution is 5.76. The van der Waals surface area contributed by atoms with Gasteiger partial charge in [0.05, 0.1) is 11.4 Å². The Bertz CT molecular complexity index is 1150. The summed E-state index contributed by atoms with van der Waals surface area (Å²) in [5, 5.41) is 0. The molecule has 1 aromatic heterocycles. The standard InChI is InChI=1S/C25H24F2N2O/c1-17(2)21-16-29(23-11-9-19(26)14-22(23)27)24(15-25(21)30)18-6-5-7-20(10-8-18)28-12-3-4-13-28/h5-6,8-11,14-16H,1,3-4,7,12-13H2,2H3. The fraction of sp³-hybridized carbons (Fsp3) is 0.240. The predicted molar refractivity (Wildman–Crippen MR) is 117 cm³/mol. The third kappa shape index (κ3) is 3.92. The van der Waals surface area contributed by atoms with Crippen LogP contribution in [-0.4, -0.2) is 22.6 Å². The van der Waals surface area contributed by atoms with Crippen molar-refractivity contribution in [1.29, 1.82) is 0 Å². The number of hydrogen-bond donors (Lipinski definition) is 0. The molecule has 1 aromatic carbocycles. The van der Waals surface area contributed by atoms with Crippen LogP contribution >= 0.6 is 0 Å². The lowest BCUT2D eigenvalue weighted by Crippen LogP contribution is -2.17. The zero-order valence-electron chi connectivity index (χ0n) is 17.0. The van der Waals surface area contributed by atoms with Gasteiger partial charge in [0.25, 0.3) is 0 Å². The maximum Gasteiger partial charge on any atom is 0.189 e. The van der Waals surface area contributed by atoms with Gasteiger partial charge in [-0.05, 0) is 49.1 Å². The number of halogens is 2. The summed E-state index contributed by atoms with van der Waals surface area (Å²) in [5.41, 5.74) is 3.55. The van der Waals surface area contributed by atoms with Crippen molar-refractivity contribution in [2.45, 2.75) is 26.2 Å². The van der Waals surface area contributed by atoms with E-state index >= 15 is 0 Å². The summed E-state index contributed by atoms with van der Waals surface area (Å²) in [6, 6.07) is 4.94. The summed E-state index contributed by atoms with van der Waals surface area (Å²) in [5.74, 6) is -1.34. The molecule has 0 bridgehead atoms. The first-order valence-corrected chi connectivity index (χ1v) is 10.1. The van der Waals surface area contributed by atoms with Gasteiger partial charge in [0, 0.05) is 49.1 Å². The Balaban J connectivity index is 1.87. The lowest BCUT2D eigenvalue weighted by Gasteiger charge is -2.19. The molecule has 2 aliphatic rings. The fourth-order valence-corrected chi connectivity index (χ4v) is 3.98. The topological polar surface area (TPSA) is 25.2 Å². The van der Waals surface area contributed by atoms with Crippen molar-refractivity contribution in [3.05, 3.63) is 100 Å². The van der Waals surface area contributed by atoms with Crippen LogP contribution < -0.4 is 5.43 Å². The molecule has 3 nitrogen and oxygen atoms in total. The molecule has 2 aromatic rings. The average Bonchev–Trinajstić information content (AvgIpc) is 3.13. The Kier molecular flexibility index (Phi) is 5.53. The number of allylic oxidation sites excluding steroid dienone is 6. The number of benzene rings is 1. The molecule has 2 heterocycles. The van der Waals surface area contributed by atoms with Crippen LogP contribution in [0.2, 0.25) is 0 Å². The smallest absolute Gasteiger partial charge is 0.189 e. The van der Waals surface area contributed by atoms with E-state index in [4.69, 9.17) is 0 Å². The molecule has 5 heteroatoms. The molecule has 1 saturated heterocycles. The van der Waals surface area contributed by atoms with Crippen LogP contribution in [0.5, 0.6) is 0 Å². The van der Waals surface area contributed by atoms with Crippen LogP contribution in [0, 0.1) is 11.6 Å². The Hall–Kier alpha value is -3.21. The number of likely N-dealkylation sites (tertiary alicyclic amines) is 1. The molecule has 4 rings (SSSR count). The molecule has 0 N–H and O–H groups in total. The second-order valence-corrected chi connectivity index (χ2v) is 7.76. The highest BCUT2D eigenvalue weighted by Gasteiger charge is 2.17. The van der Waals surface area contributed by atoms with E-state index in [0.717, 1.165) is 31.1 Å². The van der Waals surface area contributed by atoms with Crippen molar-refractivity contribution in [2.24, 2.45) is 0 Å². The molecule has 154 valence electrons. The lowest BCUT2D eigenvalue weighted by atomic mass is 10.1. The minimum absolute atomic E-state index is 0.177. The van der Waals surface area contributed by atoms with Gasteiger partial charge in [-0.3, -0.25) is 4.79 Å². The molecule has 1 aliphatic carbocycles. The van der Waals surface area contributed by atoms with E-state index < -0.39 is 11.6 Å². The third-order valence-corrected chi connectivity index (χ3v) is 5.57. The highest BCUT2D eigenvalue weighted by atomic mass is 19.1.